The van der Waals surface area contributed by atoms with Gasteiger partial charge in [0, 0.05) is 6.26 Å². The number of carboxylic acids is 1. The van der Waals surface area contributed by atoms with Crippen LogP contribution < -0.4 is 0 Å². The molecule has 0 bridgehead atoms. The summed E-state index contributed by atoms with van der Waals surface area (Å²) in [6.45, 7) is 3.15. The van der Waals surface area contributed by atoms with Gasteiger partial charge in [0.05, 0.1) is 12.4 Å². The highest BCUT2D eigenvalue weighted by atomic mass is 32.2. The molecular weight excluding hydrogens is 248 g/mol. The number of sulfone groups is 1. The summed E-state index contributed by atoms with van der Waals surface area (Å²) >= 11 is 0. The highest BCUT2D eigenvalue weighted by Gasteiger charge is 2.46. The van der Waals surface area contributed by atoms with Crippen molar-refractivity contribution >= 4 is 21.8 Å². The molecule has 0 fully saturated rings. The molecular formula is C10H18O6S. The monoisotopic (exact) mass is 266 g/mol. The van der Waals surface area contributed by atoms with Crippen LogP contribution in [0.15, 0.2) is 0 Å². The maximum Gasteiger partial charge on any atom is 0.323 e. The zero-order chi connectivity index (χ0) is 13.7. The van der Waals surface area contributed by atoms with Gasteiger partial charge in [-0.25, -0.2) is 8.42 Å². The van der Waals surface area contributed by atoms with E-state index < -0.39 is 27.2 Å². The Hall–Kier alpha value is -1.11. The average Bonchev–Trinajstić information content (AvgIpc) is 2.17. The van der Waals surface area contributed by atoms with Gasteiger partial charge in [0.25, 0.3) is 0 Å². The lowest BCUT2D eigenvalue weighted by Gasteiger charge is -2.25. The van der Waals surface area contributed by atoms with Crippen LogP contribution >= 0.6 is 0 Å². The smallest absolute Gasteiger partial charge is 0.323 e. The Labute approximate surface area is 101 Å². The molecule has 0 aromatic rings. The summed E-state index contributed by atoms with van der Waals surface area (Å²) in [4.78, 5) is 22.8. The van der Waals surface area contributed by atoms with Gasteiger partial charge in [0.1, 0.15) is 9.84 Å². The first kappa shape index (κ1) is 15.9. The fourth-order valence-corrected chi connectivity index (χ4v) is 2.12. The van der Waals surface area contributed by atoms with Crippen LogP contribution in [0.25, 0.3) is 0 Å². The molecule has 6 nitrogen and oxygen atoms in total. The predicted molar refractivity (Wildman–Crippen MR) is 61.3 cm³/mol. The van der Waals surface area contributed by atoms with Crippen LogP contribution in [0.5, 0.6) is 0 Å². The minimum Gasteiger partial charge on any atom is -0.480 e. The first-order valence-electron chi connectivity index (χ1n) is 5.28. The Bertz CT molecular complexity index is 386. The fraction of sp³-hybridized carbons (Fsp3) is 0.800. The van der Waals surface area contributed by atoms with Crippen LogP contribution in [0.1, 0.15) is 26.7 Å². The second-order valence-electron chi connectivity index (χ2n) is 3.84. The maximum absolute atomic E-state index is 11.7. The lowest BCUT2D eigenvalue weighted by molar-refractivity contribution is -0.169. The highest BCUT2D eigenvalue weighted by molar-refractivity contribution is 7.90. The van der Waals surface area contributed by atoms with Crippen molar-refractivity contribution in [1.29, 1.82) is 0 Å². The average molecular weight is 266 g/mol. The van der Waals surface area contributed by atoms with Gasteiger partial charge in [-0.2, -0.15) is 0 Å². The number of carbonyl (C=O) groups excluding carboxylic acids is 1. The van der Waals surface area contributed by atoms with E-state index in [1.165, 1.54) is 6.92 Å². The molecule has 0 amide bonds. The van der Waals surface area contributed by atoms with Crippen LogP contribution in [-0.4, -0.2) is 44.1 Å². The third kappa shape index (κ3) is 4.33. The molecule has 1 unspecified atom stereocenters. The SMILES string of the molecule is CCOC(=O)C(CC)(CCS(C)(=O)=O)C(=O)O. The summed E-state index contributed by atoms with van der Waals surface area (Å²) in [7, 11) is -3.32. The van der Waals surface area contributed by atoms with Crippen molar-refractivity contribution in [2.24, 2.45) is 5.41 Å². The number of rotatable bonds is 7. The molecule has 0 aromatic carbocycles. The first-order valence-corrected chi connectivity index (χ1v) is 7.34. The summed E-state index contributed by atoms with van der Waals surface area (Å²) in [5, 5.41) is 9.12. The summed E-state index contributed by atoms with van der Waals surface area (Å²) in [6, 6.07) is 0. The third-order valence-electron chi connectivity index (χ3n) is 2.58. The Morgan fingerprint density at radius 2 is 1.82 bits per heavy atom. The van der Waals surface area contributed by atoms with E-state index in [-0.39, 0.29) is 25.2 Å². The van der Waals surface area contributed by atoms with E-state index in [9.17, 15) is 18.0 Å². The Balaban J connectivity index is 5.09. The van der Waals surface area contributed by atoms with E-state index in [0.717, 1.165) is 6.26 Å². The van der Waals surface area contributed by atoms with Crippen LogP contribution in [0.3, 0.4) is 0 Å². The van der Waals surface area contributed by atoms with Crippen molar-refractivity contribution in [3.8, 4) is 0 Å². The van der Waals surface area contributed by atoms with Crippen molar-refractivity contribution in [2.75, 3.05) is 18.6 Å². The van der Waals surface area contributed by atoms with Crippen molar-refractivity contribution in [3.05, 3.63) is 0 Å². The van der Waals surface area contributed by atoms with Gasteiger partial charge in [-0.05, 0) is 19.8 Å². The van der Waals surface area contributed by atoms with E-state index in [1.54, 1.807) is 6.92 Å². The topological polar surface area (TPSA) is 97.7 Å². The number of hydrogen-bond acceptors (Lipinski definition) is 5. The minimum atomic E-state index is -3.32. The summed E-state index contributed by atoms with van der Waals surface area (Å²) in [5.74, 6) is -2.58. The molecule has 0 aliphatic heterocycles. The summed E-state index contributed by atoms with van der Waals surface area (Å²) in [6.07, 6.45) is 0.730. The molecule has 1 N–H and O–H groups in total. The zero-order valence-corrected chi connectivity index (χ0v) is 11.0. The number of ether oxygens (including phenoxy) is 1. The molecule has 7 heteroatoms. The van der Waals surface area contributed by atoms with E-state index in [1.807, 2.05) is 0 Å². The number of carbonyl (C=O) groups is 2. The van der Waals surface area contributed by atoms with E-state index >= 15 is 0 Å². The van der Waals surface area contributed by atoms with Crippen molar-refractivity contribution < 1.29 is 27.9 Å². The molecule has 0 rings (SSSR count). The summed E-state index contributed by atoms with van der Waals surface area (Å²) in [5.41, 5.74) is -1.76. The van der Waals surface area contributed by atoms with Crippen LogP contribution in [0.2, 0.25) is 0 Å². The van der Waals surface area contributed by atoms with Crippen molar-refractivity contribution in [3.63, 3.8) is 0 Å². The van der Waals surface area contributed by atoms with Gasteiger partial charge in [-0.1, -0.05) is 6.92 Å². The third-order valence-corrected chi connectivity index (χ3v) is 3.52. The zero-order valence-electron chi connectivity index (χ0n) is 10.2. The number of esters is 1. The molecule has 0 heterocycles. The Kier molecular flexibility index (Phi) is 5.60. The second kappa shape index (κ2) is 6.00. The van der Waals surface area contributed by atoms with Crippen LogP contribution in [0, 0.1) is 5.41 Å². The van der Waals surface area contributed by atoms with Crippen LogP contribution in [-0.2, 0) is 24.2 Å². The molecule has 0 aliphatic rings. The molecule has 0 aliphatic carbocycles. The normalized spacial score (nSPS) is 15.0. The van der Waals surface area contributed by atoms with Gasteiger partial charge in [0.2, 0.25) is 0 Å². The van der Waals surface area contributed by atoms with Crippen LogP contribution in [0.4, 0.5) is 0 Å². The quantitative estimate of drug-likeness (QED) is 0.531. The predicted octanol–water partition coefficient (Wildman–Crippen LogP) is 0.465. The van der Waals surface area contributed by atoms with E-state index in [2.05, 4.69) is 0 Å². The van der Waals surface area contributed by atoms with Gasteiger partial charge >= 0.3 is 11.9 Å². The van der Waals surface area contributed by atoms with Gasteiger partial charge in [-0.3, -0.25) is 9.59 Å². The molecule has 0 spiro atoms. The molecule has 0 saturated heterocycles. The van der Waals surface area contributed by atoms with E-state index in [0.29, 0.717) is 0 Å². The molecule has 0 aromatic heterocycles. The maximum atomic E-state index is 11.7. The standard InChI is InChI=1S/C10H18O6S/c1-4-10(8(11)12,9(13)16-5-2)6-7-17(3,14)15/h4-7H2,1-3H3,(H,11,12). The lowest BCUT2D eigenvalue weighted by Crippen LogP contribution is -2.41. The molecule has 0 saturated carbocycles. The summed E-state index contributed by atoms with van der Waals surface area (Å²) < 4.78 is 26.8. The number of hydrogen-bond donors (Lipinski definition) is 1. The van der Waals surface area contributed by atoms with Crippen molar-refractivity contribution in [2.45, 2.75) is 26.7 Å². The Morgan fingerprint density at radius 3 is 2.12 bits per heavy atom. The van der Waals surface area contributed by atoms with Gasteiger partial charge in [0.15, 0.2) is 5.41 Å². The molecule has 1 atom stereocenters. The van der Waals surface area contributed by atoms with Crippen molar-refractivity contribution in [1.82, 2.24) is 0 Å². The lowest BCUT2D eigenvalue weighted by atomic mass is 9.82. The first-order chi connectivity index (χ1) is 7.69. The van der Waals surface area contributed by atoms with Gasteiger partial charge < -0.3 is 9.84 Å². The number of aliphatic carboxylic acids is 1. The second-order valence-corrected chi connectivity index (χ2v) is 6.10. The minimum absolute atomic E-state index is 0.00329. The Morgan fingerprint density at radius 1 is 1.29 bits per heavy atom. The molecule has 100 valence electrons. The largest absolute Gasteiger partial charge is 0.480 e. The van der Waals surface area contributed by atoms with Gasteiger partial charge in [-0.15, -0.1) is 0 Å². The van der Waals surface area contributed by atoms with E-state index in [4.69, 9.17) is 9.84 Å². The molecule has 0 radical (unpaired) electrons. The molecule has 17 heavy (non-hydrogen) atoms. The fourth-order valence-electron chi connectivity index (χ4n) is 1.40. The highest BCUT2D eigenvalue weighted by Crippen LogP contribution is 2.29. The number of carboxylic acid groups (broad SMARTS) is 1.